The average molecular weight is 442 g/mol. The Morgan fingerprint density at radius 1 is 1.03 bits per heavy atom. The molecule has 5 rings (SSSR count). The largest absolute Gasteiger partial charge is 0.453 e. The van der Waals surface area contributed by atoms with Crippen LogP contribution in [0.15, 0.2) is 78.2 Å². The van der Waals surface area contributed by atoms with Gasteiger partial charge >= 0.3 is 5.97 Å². The summed E-state index contributed by atoms with van der Waals surface area (Å²) in [6.45, 7) is 1.49. The normalized spacial score (nSPS) is 11.0. The lowest BCUT2D eigenvalue weighted by atomic mass is 10.1. The van der Waals surface area contributed by atoms with Gasteiger partial charge in [0.25, 0.3) is 0 Å². The minimum Gasteiger partial charge on any atom is -0.453 e. The van der Waals surface area contributed by atoms with E-state index in [1.54, 1.807) is 10.7 Å². The van der Waals surface area contributed by atoms with E-state index < -0.39 is 5.97 Å². The number of Topliss-reactive ketones (excluding diaryl/α,β-unsaturated/α-hetero) is 1. The van der Waals surface area contributed by atoms with Crippen LogP contribution >= 0.6 is 11.3 Å². The van der Waals surface area contributed by atoms with Gasteiger partial charge in [-0.25, -0.2) is 9.48 Å². The molecule has 5 aromatic rings. The average Bonchev–Trinajstić information content (AvgIpc) is 3.55. The van der Waals surface area contributed by atoms with Crippen molar-refractivity contribution < 1.29 is 14.3 Å². The number of esters is 1. The monoisotopic (exact) mass is 441 g/mol. The van der Waals surface area contributed by atoms with Crippen molar-refractivity contribution in [1.82, 2.24) is 14.8 Å². The zero-order chi connectivity index (χ0) is 22.1. The van der Waals surface area contributed by atoms with Crippen LogP contribution in [0.3, 0.4) is 0 Å². The number of H-pyrrole nitrogens is 1. The van der Waals surface area contributed by atoms with Gasteiger partial charge in [0, 0.05) is 28.2 Å². The first-order chi connectivity index (χ1) is 15.6. The Kier molecular flexibility index (Phi) is 5.17. The lowest BCUT2D eigenvalue weighted by Crippen LogP contribution is -2.17. The Morgan fingerprint density at radius 2 is 1.81 bits per heavy atom. The lowest BCUT2D eigenvalue weighted by Gasteiger charge is -2.08. The molecule has 6 nitrogen and oxygen atoms in total. The van der Waals surface area contributed by atoms with Gasteiger partial charge in [0.1, 0.15) is 5.69 Å². The Bertz CT molecular complexity index is 1420. The molecule has 3 heterocycles. The minimum absolute atomic E-state index is 0.252. The van der Waals surface area contributed by atoms with Gasteiger partial charge in [0.2, 0.25) is 5.78 Å². The molecule has 0 atom stereocenters. The minimum atomic E-state index is -0.602. The summed E-state index contributed by atoms with van der Waals surface area (Å²) in [4.78, 5) is 30.1. The molecular formula is C25H19N3O3S. The smallest absolute Gasteiger partial charge is 0.357 e. The number of nitrogens with zero attached hydrogens (tertiary/aromatic N) is 2. The molecule has 0 saturated carbocycles. The summed E-state index contributed by atoms with van der Waals surface area (Å²) in [6, 6.07) is 22.5. The fraction of sp³-hybridized carbons (Fsp3) is 0.0800. The third-order valence-corrected chi connectivity index (χ3v) is 6.09. The van der Waals surface area contributed by atoms with Crippen molar-refractivity contribution in [3.63, 3.8) is 0 Å². The van der Waals surface area contributed by atoms with Crippen molar-refractivity contribution in [3.8, 4) is 16.3 Å². The zero-order valence-corrected chi connectivity index (χ0v) is 18.1. The predicted molar refractivity (Wildman–Crippen MR) is 125 cm³/mol. The number of fused-ring (bicyclic) bond motifs is 1. The standard InChI is InChI=1S/C25H19N3O3S/c1-16-24(18-10-5-6-11-19(18)26-16)22(29)15-31-25(30)21-14-20(23-12-7-13-32-23)27-28(21)17-8-3-2-4-9-17/h2-14,26H,15H2,1H3. The second-order valence-corrected chi connectivity index (χ2v) is 8.26. The predicted octanol–water partition coefficient (Wildman–Crippen LogP) is 5.43. The number of carbonyl (C=O) groups is 2. The van der Waals surface area contributed by atoms with Gasteiger partial charge in [-0.05, 0) is 36.6 Å². The van der Waals surface area contributed by atoms with E-state index in [0.29, 0.717) is 11.3 Å². The topological polar surface area (TPSA) is 77.0 Å². The summed E-state index contributed by atoms with van der Waals surface area (Å²) in [5.41, 5.74) is 3.85. The fourth-order valence-corrected chi connectivity index (χ4v) is 4.43. The Balaban J connectivity index is 1.43. The number of nitrogens with one attached hydrogen (secondary N) is 1. The second kappa shape index (κ2) is 8.28. The molecule has 0 spiro atoms. The lowest BCUT2D eigenvalue weighted by molar-refractivity contribution is 0.0466. The molecule has 0 fully saturated rings. The maximum atomic E-state index is 13.0. The first-order valence-corrected chi connectivity index (χ1v) is 11.0. The van der Waals surface area contributed by atoms with Gasteiger partial charge in [-0.2, -0.15) is 5.10 Å². The quantitative estimate of drug-likeness (QED) is 0.282. The molecule has 0 aliphatic carbocycles. The number of rotatable bonds is 6. The maximum Gasteiger partial charge on any atom is 0.357 e. The number of para-hydroxylation sites is 2. The van der Waals surface area contributed by atoms with E-state index in [4.69, 9.17) is 4.74 Å². The molecule has 0 radical (unpaired) electrons. The summed E-state index contributed by atoms with van der Waals surface area (Å²) in [7, 11) is 0. The first-order valence-electron chi connectivity index (χ1n) is 10.1. The number of aromatic nitrogens is 3. The highest BCUT2D eigenvalue weighted by molar-refractivity contribution is 7.13. The van der Waals surface area contributed by atoms with E-state index in [1.165, 1.54) is 11.3 Å². The molecule has 7 heteroatoms. The van der Waals surface area contributed by atoms with Crippen molar-refractivity contribution in [2.45, 2.75) is 6.92 Å². The van der Waals surface area contributed by atoms with Crippen molar-refractivity contribution in [2.75, 3.05) is 6.61 Å². The van der Waals surface area contributed by atoms with Gasteiger partial charge in [0.05, 0.1) is 10.6 Å². The third-order valence-electron chi connectivity index (χ3n) is 5.20. The Labute approximate surface area is 188 Å². The SMILES string of the molecule is Cc1[nH]c2ccccc2c1C(=O)COC(=O)c1cc(-c2cccs2)nn1-c1ccccc1. The van der Waals surface area contributed by atoms with Crippen LogP contribution in [0.1, 0.15) is 26.5 Å². The summed E-state index contributed by atoms with van der Waals surface area (Å²) < 4.78 is 7.01. The molecule has 2 aromatic carbocycles. The second-order valence-electron chi connectivity index (χ2n) is 7.31. The number of benzene rings is 2. The van der Waals surface area contributed by atoms with E-state index in [0.717, 1.165) is 27.2 Å². The number of hydrogen-bond donors (Lipinski definition) is 1. The molecule has 0 aliphatic heterocycles. The van der Waals surface area contributed by atoms with Crippen molar-refractivity contribution in [3.05, 3.63) is 95.1 Å². The van der Waals surface area contributed by atoms with Gasteiger partial charge in [-0.3, -0.25) is 4.79 Å². The number of thiophene rings is 1. The highest BCUT2D eigenvalue weighted by Gasteiger charge is 2.22. The molecule has 1 N–H and O–H groups in total. The molecule has 158 valence electrons. The van der Waals surface area contributed by atoms with E-state index in [9.17, 15) is 9.59 Å². The van der Waals surface area contributed by atoms with Crippen LogP contribution in [0.25, 0.3) is 27.2 Å². The van der Waals surface area contributed by atoms with Crippen molar-refractivity contribution in [1.29, 1.82) is 0 Å². The molecule has 0 aliphatic rings. The number of carbonyl (C=O) groups excluding carboxylic acids is 2. The van der Waals surface area contributed by atoms with Crippen LogP contribution in [0.5, 0.6) is 0 Å². The highest BCUT2D eigenvalue weighted by atomic mass is 32.1. The molecule has 0 amide bonds. The Hall–Kier alpha value is -3.97. The number of ether oxygens (including phenoxy) is 1. The number of ketones is 1. The third kappa shape index (κ3) is 3.63. The van der Waals surface area contributed by atoms with Gasteiger partial charge in [-0.1, -0.05) is 42.5 Å². The van der Waals surface area contributed by atoms with E-state index in [2.05, 4.69) is 10.1 Å². The van der Waals surface area contributed by atoms with Crippen LogP contribution in [0.2, 0.25) is 0 Å². The number of aromatic amines is 1. The van der Waals surface area contributed by atoms with Crippen LogP contribution in [0, 0.1) is 6.92 Å². The first kappa shape index (κ1) is 20.0. The summed E-state index contributed by atoms with van der Waals surface area (Å²) in [5.74, 6) is -0.854. The number of hydrogen-bond acceptors (Lipinski definition) is 5. The van der Waals surface area contributed by atoms with Crippen molar-refractivity contribution >= 4 is 34.0 Å². The van der Waals surface area contributed by atoms with Crippen LogP contribution in [0.4, 0.5) is 0 Å². The fourth-order valence-electron chi connectivity index (χ4n) is 3.75. The van der Waals surface area contributed by atoms with Gasteiger partial charge in [-0.15, -0.1) is 11.3 Å². The highest BCUT2D eigenvalue weighted by Crippen LogP contribution is 2.26. The van der Waals surface area contributed by atoms with Crippen molar-refractivity contribution in [2.24, 2.45) is 0 Å². The molecule has 32 heavy (non-hydrogen) atoms. The molecular weight excluding hydrogens is 422 g/mol. The zero-order valence-electron chi connectivity index (χ0n) is 17.2. The van der Waals surface area contributed by atoms with E-state index in [-0.39, 0.29) is 18.1 Å². The Morgan fingerprint density at radius 3 is 2.59 bits per heavy atom. The van der Waals surface area contributed by atoms with E-state index in [1.807, 2.05) is 79.0 Å². The van der Waals surface area contributed by atoms with Crippen LogP contribution in [-0.2, 0) is 4.74 Å². The molecule has 0 bridgehead atoms. The molecule has 0 unspecified atom stereocenters. The van der Waals surface area contributed by atoms with E-state index >= 15 is 0 Å². The summed E-state index contributed by atoms with van der Waals surface area (Å²) in [6.07, 6.45) is 0. The maximum absolute atomic E-state index is 13.0. The molecule has 3 aromatic heterocycles. The summed E-state index contributed by atoms with van der Waals surface area (Å²) >= 11 is 1.54. The van der Waals surface area contributed by atoms with Gasteiger partial charge < -0.3 is 9.72 Å². The summed E-state index contributed by atoms with van der Waals surface area (Å²) in [5, 5.41) is 7.39. The van der Waals surface area contributed by atoms with Crippen LogP contribution in [-0.4, -0.2) is 33.1 Å². The van der Waals surface area contributed by atoms with Gasteiger partial charge in [0.15, 0.2) is 12.3 Å². The van der Waals surface area contributed by atoms with Crippen LogP contribution < -0.4 is 0 Å². The number of aryl methyl sites for hydroxylation is 1. The molecule has 0 saturated heterocycles.